The van der Waals surface area contributed by atoms with Crippen LogP contribution in [0.4, 0.5) is 10.2 Å². The van der Waals surface area contributed by atoms with Gasteiger partial charge in [0, 0.05) is 30.8 Å². The van der Waals surface area contributed by atoms with Crippen molar-refractivity contribution in [3.05, 3.63) is 71.7 Å². The van der Waals surface area contributed by atoms with E-state index in [0.717, 1.165) is 30.7 Å². The number of pyridine rings is 1. The molecule has 1 atom stereocenters. The van der Waals surface area contributed by atoms with Gasteiger partial charge in [-0.05, 0) is 31.0 Å². The number of ketones is 1. The second-order valence-corrected chi connectivity index (χ2v) is 7.77. The molecule has 4 aromatic heterocycles. The monoisotopic (exact) mass is 403 g/mol. The Morgan fingerprint density at radius 1 is 1.20 bits per heavy atom. The molecule has 8 nitrogen and oxygen atoms in total. The van der Waals surface area contributed by atoms with Gasteiger partial charge < -0.3 is 9.88 Å². The van der Waals surface area contributed by atoms with Crippen LogP contribution >= 0.6 is 0 Å². The summed E-state index contributed by atoms with van der Waals surface area (Å²) in [6, 6.07) is 4.45. The van der Waals surface area contributed by atoms with Gasteiger partial charge in [0.15, 0.2) is 5.78 Å². The largest absolute Gasteiger partial charge is 0.348 e. The van der Waals surface area contributed by atoms with Gasteiger partial charge in [-0.1, -0.05) is 0 Å². The Morgan fingerprint density at radius 3 is 2.87 bits per heavy atom. The summed E-state index contributed by atoms with van der Waals surface area (Å²) in [5.74, 6) is 0.476. The Morgan fingerprint density at radius 2 is 2.10 bits per heavy atom. The van der Waals surface area contributed by atoms with Crippen molar-refractivity contribution >= 4 is 17.1 Å². The van der Waals surface area contributed by atoms with Crippen LogP contribution in [0.1, 0.15) is 46.5 Å². The summed E-state index contributed by atoms with van der Waals surface area (Å²) in [5, 5.41) is 4.61. The molecule has 6 rings (SSSR count). The van der Waals surface area contributed by atoms with Crippen molar-refractivity contribution in [1.82, 2.24) is 29.5 Å². The van der Waals surface area contributed by atoms with Gasteiger partial charge in [-0.15, -0.1) is 0 Å². The lowest BCUT2D eigenvalue weighted by Gasteiger charge is -2.34. The van der Waals surface area contributed by atoms with Gasteiger partial charge in [-0.3, -0.25) is 4.79 Å². The zero-order valence-electron chi connectivity index (χ0n) is 16.0. The number of rotatable bonds is 4. The maximum atomic E-state index is 14.3. The number of aromatic amines is 1. The second-order valence-electron chi connectivity index (χ2n) is 7.77. The number of carbonyl (C=O) groups excluding carboxylic acids is 1. The van der Waals surface area contributed by atoms with Crippen LogP contribution in [0.25, 0.3) is 5.52 Å². The van der Waals surface area contributed by atoms with Crippen LogP contribution in [-0.2, 0) is 6.42 Å². The number of nitrogens with zero attached hydrogens (tertiary/aromatic N) is 6. The Balaban J connectivity index is 1.42. The summed E-state index contributed by atoms with van der Waals surface area (Å²) in [4.78, 5) is 30.9. The first-order valence-corrected chi connectivity index (χ1v) is 9.98. The van der Waals surface area contributed by atoms with Crippen molar-refractivity contribution in [2.45, 2.75) is 25.3 Å². The van der Waals surface area contributed by atoms with Crippen molar-refractivity contribution in [3.63, 3.8) is 0 Å². The Labute approximate surface area is 170 Å². The van der Waals surface area contributed by atoms with E-state index in [9.17, 15) is 9.18 Å². The molecule has 1 fully saturated rings. The first-order chi connectivity index (χ1) is 14.7. The predicted octanol–water partition coefficient (Wildman–Crippen LogP) is 2.73. The van der Waals surface area contributed by atoms with E-state index in [2.05, 4.69) is 29.9 Å². The van der Waals surface area contributed by atoms with Crippen LogP contribution < -0.4 is 4.90 Å². The minimum Gasteiger partial charge on any atom is -0.348 e. The van der Waals surface area contributed by atoms with E-state index in [1.54, 1.807) is 37.1 Å². The van der Waals surface area contributed by atoms with Crippen LogP contribution in [0.3, 0.4) is 0 Å². The fourth-order valence-electron chi connectivity index (χ4n) is 4.11. The fourth-order valence-corrected chi connectivity index (χ4v) is 4.11. The third-order valence-corrected chi connectivity index (χ3v) is 5.81. The molecular formula is C21H18FN7O. The maximum absolute atomic E-state index is 14.3. The number of hydrogen-bond donors (Lipinski definition) is 1. The minimum atomic E-state index is -0.335. The highest BCUT2D eigenvalue weighted by Gasteiger charge is 2.35. The molecule has 9 heteroatoms. The van der Waals surface area contributed by atoms with E-state index < -0.39 is 0 Å². The van der Waals surface area contributed by atoms with Gasteiger partial charge in [0.05, 0.1) is 30.1 Å². The van der Waals surface area contributed by atoms with Crippen molar-refractivity contribution in [2.75, 3.05) is 11.4 Å². The lowest BCUT2D eigenvalue weighted by Crippen LogP contribution is -2.37. The number of Topliss-reactive ketones (excluding diaryl/α,β-unsaturated/α-hetero) is 1. The number of aromatic nitrogens is 6. The van der Waals surface area contributed by atoms with Crippen LogP contribution in [0.2, 0.25) is 0 Å². The Bertz CT molecular complexity index is 1260. The molecule has 1 N–H and O–H groups in total. The summed E-state index contributed by atoms with van der Waals surface area (Å²) in [6.07, 6.45) is 9.20. The molecule has 0 unspecified atom stereocenters. The molecule has 30 heavy (non-hydrogen) atoms. The van der Waals surface area contributed by atoms with E-state index in [1.165, 1.54) is 10.6 Å². The highest BCUT2D eigenvalue weighted by molar-refractivity contribution is 5.97. The van der Waals surface area contributed by atoms with Crippen molar-refractivity contribution in [3.8, 4) is 0 Å². The molecule has 5 heterocycles. The minimum absolute atomic E-state index is 0.0645. The third-order valence-electron chi connectivity index (χ3n) is 5.81. The number of imidazole rings is 1. The standard InChI is InChI=1S/C21H18FN7O/c22-13-2-1-6-29-17(13)8-15(27-29)20-19-14(25-11-26-19)5-7-28(20)18-10-23-16(9-24-18)21(30)12-3-4-12/h1-2,6,8-12,20H,3-5,7H2,(H,25,26)/t20-/m1/s1. The Hall–Kier alpha value is -3.62. The second kappa shape index (κ2) is 6.45. The van der Waals surface area contributed by atoms with Crippen molar-refractivity contribution < 1.29 is 9.18 Å². The van der Waals surface area contributed by atoms with Crippen LogP contribution in [0, 0.1) is 11.7 Å². The smallest absolute Gasteiger partial charge is 0.185 e. The topological polar surface area (TPSA) is 92.1 Å². The number of hydrogen-bond acceptors (Lipinski definition) is 6. The number of carbonyl (C=O) groups is 1. The zero-order chi connectivity index (χ0) is 20.2. The summed E-state index contributed by atoms with van der Waals surface area (Å²) in [6.45, 7) is 0.667. The molecule has 1 aliphatic heterocycles. The van der Waals surface area contributed by atoms with E-state index in [4.69, 9.17) is 0 Å². The molecule has 150 valence electrons. The van der Waals surface area contributed by atoms with E-state index in [-0.39, 0.29) is 23.6 Å². The molecule has 1 saturated carbocycles. The van der Waals surface area contributed by atoms with Crippen LogP contribution in [0.5, 0.6) is 0 Å². The average Bonchev–Trinajstić information content (AvgIpc) is 3.34. The molecule has 2 aliphatic rings. The molecule has 0 amide bonds. The van der Waals surface area contributed by atoms with Crippen LogP contribution in [0.15, 0.2) is 43.1 Å². The molecule has 0 saturated heterocycles. The van der Waals surface area contributed by atoms with Gasteiger partial charge in [0.1, 0.15) is 28.9 Å². The van der Waals surface area contributed by atoms with Crippen LogP contribution in [-0.4, -0.2) is 41.9 Å². The Kier molecular flexibility index (Phi) is 3.71. The number of H-pyrrole nitrogens is 1. The number of nitrogens with one attached hydrogen (secondary N) is 1. The highest BCUT2D eigenvalue weighted by Crippen LogP contribution is 2.36. The van der Waals surface area contributed by atoms with Gasteiger partial charge in [0.2, 0.25) is 0 Å². The molecule has 0 spiro atoms. The molecular weight excluding hydrogens is 385 g/mol. The molecule has 1 aliphatic carbocycles. The lowest BCUT2D eigenvalue weighted by atomic mass is 10.00. The maximum Gasteiger partial charge on any atom is 0.185 e. The first-order valence-electron chi connectivity index (χ1n) is 9.98. The predicted molar refractivity (Wildman–Crippen MR) is 106 cm³/mol. The third kappa shape index (κ3) is 2.69. The van der Waals surface area contributed by atoms with Crippen molar-refractivity contribution in [2.24, 2.45) is 5.92 Å². The van der Waals surface area contributed by atoms with Crippen molar-refractivity contribution in [1.29, 1.82) is 0 Å². The zero-order valence-corrected chi connectivity index (χ0v) is 16.0. The molecule has 0 radical (unpaired) electrons. The summed E-state index contributed by atoms with van der Waals surface area (Å²) >= 11 is 0. The van der Waals surface area contributed by atoms with Gasteiger partial charge in [-0.25, -0.2) is 23.9 Å². The summed E-state index contributed by atoms with van der Waals surface area (Å²) in [5.41, 5.74) is 3.36. The molecule has 0 aromatic carbocycles. The number of halogens is 1. The summed E-state index contributed by atoms with van der Waals surface area (Å²) in [7, 11) is 0. The quantitative estimate of drug-likeness (QED) is 0.527. The first kappa shape index (κ1) is 17.3. The van der Waals surface area contributed by atoms with E-state index >= 15 is 0 Å². The summed E-state index contributed by atoms with van der Waals surface area (Å²) < 4.78 is 15.8. The number of fused-ring (bicyclic) bond motifs is 2. The van der Waals surface area contributed by atoms with Gasteiger partial charge >= 0.3 is 0 Å². The molecule has 0 bridgehead atoms. The normalized spacial score (nSPS) is 18.6. The fraction of sp³-hybridized carbons (Fsp3) is 0.286. The van der Waals surface area contributed by atoms with Gasteiger partial charge in [0.25, 0.3) is 0 Å². The molecule has 4 aromatic rings. The average molecular weight is 403 g/mol. The SMILES string of the molecule is O=C(c1cnc(N2CCc3[nH]cnc3[C@H]2c2cc3c(F)cccn3n2)cn1)C1CC1. The van der Waals surface area contributed by atoms with E-state index in [1.807, 2.05) is 0 Å². The number of anilines is 1. The highest BCUT2D eigenvalue weighted by atomic mass is 19.1. The lowest BCUT2D eigenvalue weighted by molar-refractivity contribution is 0.0962. The van der Waals surface area contributed by atoms with E-state index in [0.29, 0.717) is 29.3 Å². The van der Waals surface area contributed by atoms with Gasteiger partial charge in [-0.2, -0.15) is 5.10 Å².